The number of carboxylic acid groups (broad SMARTS) is 1. The molecule has 0 saturated carbocycles. The van der Waals surface area contributed by atoms with Gasteiger partial charge in [-0.1, -0.05) is 5.92 Å². The third-order valence-electron chi connectivity index (χ3n) is 1.81. The molecule has 0 aromatic rings. The van der Waals surface area contributed by atoms with Crippen molar-refractivity contribution in [2.75, 3.05) is 19.6 Å². The third kappa shape index (κ3) is 8.27. The highest BCUT2D eigenvalue weighted by Gasteiger charge is 2.26. The molecule has 0 bridgehead atoms. The summed E-state index contributed by atoms with van der Waals surface area (Å²) in [5.74, 6) is 0.837. The van der Waals surface area contributed by atoms with Crippen molar-refractivity contribution >= 4 is 12.0 Å². The molecule has 0 aliphatic carbocycles. The van der Waals surface area contributed by atoms with Gasteiger partial charge in [-0.3, -0.25) is 4.79 Å². The van der Waals surface area contributed by atoms with E-state index in [0.717, 1.165) is 4.90 Å². The van der Waals surface area contributed by atoms with Crippen molar-refractivity contribution in [1.29, 1.82) is 0 Å². The van der Waals surface area contributed by atoms with Gasteiger partial charge in [0, 0.05) is 13.0 Å². The largest absolute Gasteiger partial charge is 0.480 e. The van der Waals surface area contributed by atoms with Gasteiger partial charge >= 0.3 is 18.2 Å². The number of carbonyl (C=O) groups excluding carboxylic acids is 1. The second kappa shape index (κ2) is 7.42. The van der Waals surface area contributed by atoms with E-state index < -0.39 is 31.1 Å². The van der Waals surface area contributed by atoms with Gasteiger partial charge in [0.15, 0.2) is 0 Å². The van der Waals surface area contributed by atoms with Crippen LogP contribution in [-0.4, -0.2) is 47.8 Å². The van der Waals surface area contributed by atoms with E-state index in [2.05, 4.69) is 11.2 Å². The van der Waals surface area contributed by atoms with E-state index in [-0.39, 0.29) is 19.5 Å². The number of aliphatic carboxylic acids is 1. The maximum Gasteiger partial charge on any atom is 0.389 e. The normalized spacial score (nSPS) is 10.6. The fourth-order valence-corrected chi connectivity index (χ4v) is 1.07. The lowest BCUT2D eigenvalue weighted by atomic mass is 10.3. The van der Waals surface area contributed by atoms with Gasteiger partial charge in [0.25, 0.3) is 0 Å². The van der Waals surface area contributed by atoms with E-state index in [1.165, 1.54) is 0 Å². The molecule has 0 fully saturated rings. The molecule has 0 aromatic heterocycles. The number of nitrogens with zero attached hydrogens (tertiary/aromatic N) is 1. The highest BCUT2D eigenvalue weighted by molar-refractivity contribution is 5.80. The SMILES string of the molecule is C#CCN(CC(=O)O)C(=O)NCCCC(F)(F)F. The number of carboxylic acids is 1. The number of rotatable bonds is 6. The first-order valence-corrected chi connectivity index (χ1v) is 5.01. The minimum atomic E-state index is -4.27. The van der Waals surface area contributed by atoms with Crippen LogP contribution in [0.1, 0.15) is 12.8 Å². The molecule has 0 radical (unpaired) electrons. The van der Waals surface area contributed by atoms with E-state index >= 15 is 0 Å². The molecule has 18 heavy (non-hydrogen) atoms. The van der Waals surface area contributed by atoms with Gasteiger partial charge in [-0.15, -0.1) is 6.42 Å². The van der Waals surface area contributed by atoms with Gasteiger partial charge in [0.2, 0.25) is 0 Å². The van der Waals surface area contributed by atoms with Gasteiger partial charge < -0.3 is 15.3 Å². The Labute approximate surface area is 102 Å². The molecule has 0 unspecified atom stereocenters. The van der Waals surface area contributed by atoms with Gasteiger partial charge in [-0.05, 0) is 6.42 Å². The van der Waals surface area contributed by atoms with Crippen LogP contribution in [0.25, 0.3) is 0 Å². The lowest BCUT2D eigenvalue weighted by Crippen LogP contribution is -2.43. The van der Waals surface area contributed by atoms with Crippen molar-refractivity contribution in [2.45, 2.75) is 19.0 Å². The number of urea groups is 1. The summed E-state index contributed by atoms with van der Waals surface area (Å²) in [7, 11) is 0. The molecule has 0 rings (SSSR count). The molecule has 2 N–H and O–H groups in total. The van der Waals surface area contributed by atoms with Gasteiger partial charge in [0.1, 0.15) is 6.54 Å². The first-order chi connectivity index (χ1) is 8.26. The number of nitrogens with one attached hydrogen (secondary N) is 1. The lowest BCUT2D eigenvalue weighted by molar-refractivity contribution is -0.137. The first-order valence-electron chi connectivity index (χ1n) is 5.01. The van der Waals surface area contributed by atoms with Crippen LogP contribution in [0.4, 0.5) is 18.0 Å². The minimum absolute atomic E-state index is 0.195. The Morgan fingerprint density at radius 1 is 1.39 bits per heavy atom. The lowest BCUT2D eigenvalue weighted by Gasteiger charge is -2.18. The number of halogens is 3. The zero-order chi connectivity index (χ0) is 14.2. The van der Waals surface area contributed by atoms with Crippen LogP contribution in [0.15, 0.2) is 0 Å². The third-order valence-corrected chi connectivity index (χ3v) is 1.81. The number of amides is 2. The standard InChI is InChI=1S/C10H13F3N2O3/c1-2-6-15(7-8(16)17)9(18)14-5-3-4-10(11,12)13/h1H,3-7H2,(H,14,18)(H,16,17). The van der Waals surface area contributed by atoms with Crippen LogP contribution < -0.4 is 5.32 Å². The molecule has 102 valence electrons. The van der Waals surface area contributed by atoms with Crippen LogP contribution in [0.2, 0.25) is 0 Å². The Balaban J connectivity index is 4.04. The van der Waals surface area contributed by atoms with Crippen molar-refractivity contribution in [2.24, 2.45) is 0 Å². The second-order valence-corrected chi connectivity index (χ2v) is 3.40. The molecule has 0 aliphatic rings. The Hall–Kier alpha value is -1.91. The fraction of sp³-hybridized carbons (Fsp3) is 0.600. The summed E-state index contributed by atoms with van der Waals surface area (Å²) in [6, 6.07) is -0.794. The van der Waals surface area contributed by atoms with E-state index in [9.17, 15) is 22.8 Å². The highest BCUT2D eigenvalue weighted by atomic mass is 19.4. The summed E-state index contributed by atoms with van der Waals surface area (Å²) < 4.78 is 35.4. The molecule has 0 atom stereocenters. The molecular weight excluding hydrogens is 253 g/mol. The number of carbonyl (C=O) groups is 2. The Kier molecular flexibility index (Phi) is 6.63. The van der Waals surface area contributed by atoms with Crippen LogP contribution in [0, 0.1) is 12.3 Å². The predicted octanol–water partition coefficient (Wildman–Crippen LogP) is 1.06. The summed E-state index contributed by atoms with van der Waals surface area (Å²) >= 11 is 0. The molecule has 8 heteroatoms. The summed E-state index contributed by atoms with van der Waals surface area (Å²) in [5.41, 5.74) is 0. The monoisotopic (exact) mass is 266 g/mol. The summed E-state index contributed by atoms with van der Waals surface area (Å²) in [4.78, 5) is 22.6. The summed E-state index contributed by atoms with van der Waals surface area (Å²) in [5, 5.41) is 10.7. The highest BCUT2D eigenvalue weighted by Crippen LogP contribution is 2.20. The Morgan fingerprint density at radius 2 is 2.00 bits per heavy atom. The van der Waals surface area contributed by atoms with E-state index in [4.69, 9.17) is 11.5 Å². The molecule has 0 heterocycles. The number of hydrogen-bond donors (Lipinski definition) is 2. The van der Waals surface area contributed by atoms with Gasteiger partial charge in [-0.2, -0.15) is 13.2 Å². The van der Waals surface area contributed by atoms with Gasteiger partial charge in [-0.25, -0.2) is 4.79 Å². The zero-order valence-corrected chi connectivity index (χ0v) is 9.46. The summed E-state index contributed by atoms with van der Waals surface area (Å²) in [6.45, 7) is -1.02. The molecule has 0 aliphatic heterocycles. The van der Waals surface area contributed by atoms with Crippen molar-refractivity contribution in [3.05, 3.63) is 0 Å². The number of terminal acetylenes is 1. The zero-order valence-electron chi connectivity index (χ0n) is 9.46. The minimum Gasteiger partial charge on any atom is -0.480 e. The van der Waals surface area contributed by atoms with E-state index in [0.29, 0.717) is 0 Å². The molecule has 0 aromatic carbocycles. The molecule has 5 nitrogen and oxygen atoms in total. The number of hydrogen-bond acceptors (Lipinski definition) is 2. The second-order valence-electron chi connectivity index (χ2n) is 3.40. The topological polar surface area (TPSA) is 69.6 Å². The van der Waals surface area contributed by atoms with Crippen LogP contribution in [0.5, 0.6) is 0 Å². The maximum atomic E-state index is 11.8. The van der Waals surface area contributed by atoms with E-state index in [1.54, 1.807) is 0 Å². The van der Waals surface area contributed by atoms with E-state index in [1.807, 2.05) is 0 Å². The first kappa shape index (κ1) is 16.1. The van der Waals surface area contributed by atoms with Crippen molar-refractivity contribution in [1.82, 2.24) is 10.2 Å². The quantitative estimate of drug-likeness (QED) is 0.558. The van der Waals surface area contributed by atoms with Crippen LogP contribution in [-0.2, 0) is 4.79 Å². The van der Waals surface area contributed by atoms with Crippen molar-refractivity contribution < 1.29 is 27.9 Å². The molecule has 0 spiro atoms. The Bertz CT molecular complexity index is 336. The van der Waals surface area contributed by atoms with Crippen LogP contribution >= 0.6 is 0 Å². The average Bonchev–Trinajstić information content (AvgIpc) is 2.21. The average molecular weight is 266 g/mol. The Morgan fingerprint density at radius 3 is 2.44 bits per heavy atom. The van der Waals surface area contributed by atoms with Crippen molar-refractivity contribution in [3.63, 3.8) is 0 Å². The maximum absolute atomic E-state index is 11.8. The van der Waals surface area contributed by atoms with Crippen LogP contribution in [0.3, 0.4) is 0 Å². The smallest absolute Gasteiger partial charge is 0.389 e. The van der Waals surface area contributed by atoms with Gasteiger partial charge in [0.05, 0.1) is 6.54 Å². The predicted molar refractivity (Wildman–Crippen MR) is 56.7 cm³/mol. The summed E-state index contributed by atoms with van der Waals surface area (Å²) in [6.07, 6.45) is -0.616. The number of alkyl halides is 3. The fourth-order valence-electron chi connectivity index (χ4n) is 1.07. The molecule has 0 saturated heterocycles. The van der Waals surface area contributed by atoms with Crippen molar-refractivity contribution in [3.8, 4) is 12.3 Å². The molecular formula is C10H13F3N2O3. The molecule has 2 amide bonds.